The van der Waals surface area contributed by atoms with Gasteiger partial charge in [-0.15, -0.1) is 0 Å². The fourth-order valence-corrected chi connectivity index (χ4v) is 1.81. The van der Waals surface area contributed by atoms with Gasteiger partial charge in [0.1, 0.15) is 0 Å². The molecule has 0 aliphatic rings. The van der Waals surface area contributed by atoms with Crippen LogP contribution in [0.15, 0.2) is 30.5 Å². The molecular weight excluding hydrogens is 184 g/mol. The highest BCUT2D eigenvalue weighted by Crippen LogP contribution is 2.19. The summed E-state index contributed by atoms with van der Waals surface area (Å²) in [5.74, 6) is 0. The molecule has 0 amide bonds. The van der Waals surface area contributed by atoms with Crippen molar-refractivity contribution in [3.63, 3.8) is 0 Å². The molecule has 0 radical (unpaired) electrons. The molecule has 0 spiro atoms. The first-order chi connectivity index (χ1) is 7.16. The van der Waals surface area contributed by atoms with E-state index in [-0.39, 0.29) is 6.04 Å². The van der Waals surface area contributed by atoms with E-state index < -0.39 is 0 Å². The zero-order valence-electron chi connectivity index (χ0n) is 9.20. The number of pyridine rings is 1. The van der Waals surface area contributed by atoms with E-state index in [1.54, 1.807) is 0 Å². The van der Waals surface area contributed by atoms with E-state index in [4.69, 9.17) is 5.73 Å². The highest BCUT2D eigenvalue weighted by molar-refractivity contribution is 5.85. The molecule has 1 aromatic heterocycles. The molecule has 0 aliphatic heterocycles. The molecule has 2 rings (SSSR count). The van der Waals surface area contributed by atoms with Gasteiger partial charge in [0.2, 0.25) is 0 Å². The number of aryl methyl sites for hydroxylation is 1. The third-order valence-corrected chi connectivity index (χ3v) is 2.52. The van der Waals surface area contributed by atoms with Crippen LogP contribution in [0.5, 0.6) is 0 Å². The van der Waals surface area contributed by atoms with Gasteiger partial charge in [0.15, 0.2) is 0 Å². The second-order valence-corrected chi connectivity index (χ2v) is 4.16. The van der Waals surface area contributed by atoms with E-state index in [1.807, 2.05) is 19.2 Å². The quantitative estimate of drug-likeness (QED) is 0.808. The van der Waals surface area contributed by atoms with Crippen LogP contribution in [0.3, 0.4) is 0 Å². The fraction of sp³-hybridized carbons (Fsp3) is 0.308. The summed E-state index contributed by atoms with van der Waals surface area (Å²) in [4.78, 5) is 4.41. The molecule has 0 aliphatic carbocycles. The smallest absolute Gasteiger partial charge is 0.0497 e. The number of hydrogen-bond acceptors (Lipinski definition) is 2. The van der Waals surface area contributed by atoms with Crippen molar-refractivity contribution < 1.29 is 0 Å². The molecule has 78 valence electrons. The number of aromatic nitrogens is 1. The van der Waals surface area contributed by atoms with E-state index in [0.717, 1.165) is 12.1 Å². The van der Waals surface area contributed by atoms with Crippen molar-refractivity contribution in [2.75, 3.05) is 0 Å². The predicted molar refractivity (Wildman–Crippen MR) is 63.8 cm³/mol. The van der Waals surface area contributed by atoms with Crippen molar-refractivity contribution >= 4 is 10.8 Å². The monoisotopic (exact) mass is 200 g/mol. The summed E-state index contributed by atoms with van der Waals surface area (Å²) in [6.45, 7) is 4.11. The Bertz CT molecular complexity index is 475. The number of nitrogens with two attached hydrogens (primary N) is 1. The maximum atomic E-state index is 5.81. The zero-order valence-corrected chi connectivity index (χ0v) is 9.20. The van der Waals surface area contributed by atoms with E-state index in [0.29, 0.717) is 0 Å². The average Bonchev–Trinajstić information content (AvgIpc) is 2.18. The first-order valence-corrected chi connectivity index (χ1v) is 5.26. The lowest BCUT2D eigenvalue weighted by molar-refractivity contribution is 0.727. The van der Waals surface area contributed by atoms with Gasteiger partial charge in [-0.25, -0.2) is 0 Å². The summed E-state index contributed by atoms with van der Waals surface area (Å²) in [7, 11) is 0. The Labute approximate surface area is 90.1 Å². The molecule has 0 bridgehead atoms. The topological polar surface area (TPSA) is 38.9 Å². The summed E-state index contributed by atoms with van der Waals surface area (Å²) in [6.07, 6.45) is 2.69. The van der Waals surface area contributed by atoms with Gasteiger partial charge < -0.3 is 5.73 Å². The van der Waals surface area contributed by atoms with E-state index in [1.165, 1.54) is 16.3 Å². The van der Waals surface area contributed by atoms with Crippen LogP contribution in [0.2, 0.25) is 0 Å². The highest BCUT2D eigenvalue weighted by Gasteiger charge is 2.04. The summed E-state index contributed by atoms with van der Waals surface area (Å²) in [6, 6.07) is 8.64. The average molecular weight is 200 g/mol. The van der Waals surface area contributed by atoms with Crippen molar-refractivity contribution in [3.05, 3.63) is 41.7 Å². The van der Waals surface area contributed by atoms with Gasteiger partial charge in [0.05, 0.1) is 0 Å². The molecule has 1 atom stereocenters. The molecule has 2 N–H and O–H groups in total. The Kier molecular flexibility index (Phi) is 2.69. The molecular formula is C13H16N2. The summed E-state index contributed by atoms with van der Waals surface area (Å²) in [5, 5.41) is 2.47. The molecule has 15 heavy (non-hydrogen) atoms. The van der Waals surface area contributed by atoms with Crippen molar-refractivity contribution in [2.45, 2.75) is 26.3 Å². The molecule has 2 aromatic rings. The van der Waals surface area contributed by atoms with Crippen LogP contribution in [-0.2, 0) is 6.42 Å². The second-order valence-electron chi connectivity index (χ2n) is 4.16. The first kappa shape index (κ1) is 10.1. The standard InChI is InChI=1S/C13H16N2/c1-9-3-4-11-5-6-15-13(8-10(2)14)12(11)7-9/h3-7,10H,8,14H2,1-2H3. The minimum atomic E-state index is 0.156. The van der Waals surface area contributed by atoms with Crippen LogP contribution in [0.4, 0.5) is 0 Å². The van der Waals surface area contributed by atoms with Crippen molar-refractivity contribution in [1.82, 2.24) is 4.98 Å². The Morgan fingerprint density at radius 1 is 1.33 bits per heavy atom. The van der Waals surface area contributed by atoms with Gasteiger partial charge in [0.25, 0.3) is 0 Å². The van der Waals surface area contributed by atoms with Crippen LogP contribution in [0, 0.1) is 6.92 Å². The maximum Gasteiger partial charge on any atom is 0.0497 e. The van der Waals surface area contributed by atoms with E-state index >= 15 is 0 Å². The Hall–Kier alpha value is -1.41. The third kappa shape index (κ3) is 2.16. The normalized spacial score (nSPS) is 13.0. The SMILES string of the molecule is Cc1ccc2ccnc(CC(C)N)c2c1. The van der Waals surface area contributed by atoms with Gasteiger partial charge in [-0.1, -0.05) is 17.7 Å². The lowest BCUT2D eigenvalue weighted by atomic mass is 10.0. The highest BCUT2D eigenvalue weighted by atomic mass is 14.7. The van der Waals surface area contributed by atoms with Gasteiger partial charge in [0, 0.05) is 29.7 Å². The predicted octanol–water partition coefficient (Wildman–Crippen LogP) is 2.43. The fourth-order valence-electron chi connectivity index (χ4n) is 1.81. The minimum Gasteiger partial charge on any atom is -0.328 e. The number of fused-ring (bicyclic) bond motifs is 1. The maximum absolute atomic E-state index is 5.81. The van der Waals surface area contributed by atoms with E-state index in [9.17, 15) is 0 Å². The third-order valence-electron chi connectivity index (χ3n) is 2.52. The van der Waals surface area contributed by atoms with Crippen molar-refractivity contribution in [2.24, 2.45) is 5.73 Å². The molecule has 0 fully saturated rings. The summed E-state index contributed by atoms with van der Waals surface area (Å²) < 4.78 is 0. The second kappa shape index (κ2) is 3.99. The van der Waals surface area contributed by atoms with Gasteiger partial charge in [-0.05, 0) is 31.4 Å². The van der Waals surface area contributed by atoms with E-state index in [2.05, 4.69) is 30.1 Å². The minimum absolute atomic E-state index is 0.156. The first-order valence-electron chi connectivity index (χ1n) is 5.26. The van der Waals surface area contributed by atoms with Crippen molar-refractivity contribution in [1.29, 1.82) is 0 Å². The number of hydrogen-bond donors (Lipinski definition) is 1. The van der Waals surface area contributed by atoms with Crippen LogP contribution >= 0.6 is 0 Å². The number of nitrogens with zero attached hydrogens (tertiary/aromatic N) is 1. The largest absolute Gasteiger partial charge is 0.328 e. The van der Waals surface area contributed by atoms with Gasteiger partial charge >= 0.3 is 0 Å². The van der Waals surface area contributed by atoms with Crippen LogP contribution in [0.1, 0.15) is 18.2 Å². The lowest BCUT2D eigenvalue weighted by Gasteiger charge is -2.08. The van der Waals surface area contributed by atoms with Crippen LogP contribution in [0.25, 0.3) is 10.8 Å². The Balaban J connectivity index is 2.58. The van der Waals surface area contributed by atoms with Crippen LogP contribution in [-0.4, -0.2) is 11.0 Å². The Morgan fingerprint density at radius 2 is 2.13 bits per heavy atom. The molecule has 2 heteroatoms. The lowest BCUT2D eigenvalue weighted by Crippen LogP contribution is -2.18. The molecule has 1 heterocycles. The van der Waals surface area contributed by atoms with Gasteiger partial charge in [-0.3, -0.25) is 4.98 Å². The van der Waals surface area contributed by atoms with Gasteiger partial charge in [-0.2, -0.15) is 0 Å². The number of rotatable bonds is 2. The van der Waals surface area contributed by atoms with Crippen molar-refractivity contribution in [3.8, 4) is 0 Å². The molecule has 2 nitrogen and oxygen atoms in total. The number of benzene rings is 1. The molecule has 1 aromatic carbocycles. The summed E-state index contributed by atoms with van der Waals surface area (Å²) >= 11 is 0. The molecule has 0 saturated carbocycles. The Morgan fingerprint density at radius 3 is 2.87 bits per heavy atom. The molecule has 0 saturated heterocycles. The zero-order chi connectivity index (χ0) is 10.8. The van der Waals surface area contributed by atoms with Crippen LogP contribution < -0.4 is 5.73 Å². The summed E-state index contributed by atoms with van der Waals surface area (Å²) in [5.41, 5.74) is 8.18. The molecule has 1 unspecified atom stereocenters.